The standard InChI is InChI=1S/C11H7Cl2FN2/c12-7-3-1-4-8(11(7)14)15-10-6-2-5-9(13)16-10/h1-6H,(H,15,16). The summed E-state index contributed by atoms with van der Waals surface area (Å²) in [6.45, 7) is 0. The Morgan fingerprint density at radius 2 is 1.81 bits per heavy atom. The highest BCUT2D eigenvalue weighted by Crippen LogP contribution is 2.24. The van der Waals surface area contributed by atoms with E-state index in [9.17, 15) is 4.39 Å². The van der Waals surface area contributed by atoms with Crippen LogP contribution >= 0.6 is 23.2 Å². The maximum absolute atomic E-state index is 13.5. The summed E-state index contributed by atoms with van der Waals surface area (Å²) < 4.78 is 13.5. The predicted molar refractivity (Wildman–Crippen MR) is 63.9 cm³/mol. The first kappa shape index (κ1) is 11.2. The number of hydrogen-bond acceptors (Lipinski definition) is 2. The molecule has 0 radical (unpaired) electrons. The number of anilines is 2. The van der Waals surface area contributed by atoms with Gasteiger partial charge in [-0.25, -0.2) is 9.37 Å². The topological polar surface area (TPSA) is 24.9 Å². The molecule has 0 atom stereocenters. The van der Waals surface area contributed by atoms with Crippen molar-refractivity contribution >= 4 is 34.7 Å². The van der Waals surface area contributed by atoms with E-state index >= 15 is 0 Å². The Bertz CT molecular complexity index is 517. The van der Waals surface area contributed by atoms with Gasteiger partial charge in [-0.15, -0.1) is 0 Å². The van der Waals surface area contributed by atoms with Crippen LogP contribution in [0.5, 0.6) is 0 Å². The minimum absolute atomic E-state index is 0.0621. The zero-order valence-electron chi connectivity index (χ0n) is 8.05. The van der Waals surface area contributed by atoms with E-state index in [-0.39, 0.29) is 10.7 Å². The van der Waals surface area contributed by atoms with E-state index in [0.717, 1.165) is 0 Å². The third-order valence-corrected chi connectivity index (χ3v) is 2.43. The van der Waals surface area contributed by atoms with Crippen LogP contribution in [0.15, 0.2) is 36.4 Å². The van der Waals surface area contributed by atoms with Crippen molar-refractivity contribution in [2.75, 3.05) is 5.32 Å². The van der Waals surface area contributed by atoms with Gasteiger partial charge in [0.25, 0.3) is 0 Å². The Kier molecular flexibility index (Phi) is 3.27. The van der Waals surface area contributed by atoms with E-state index in [1.807, 2.05) is 0 Å². The van der Waals surface area contributed by atoms with Crippen molar-refractivity contribution in [2.45, 2.75) is 0 Å². The van der Waals surface area contributed by atoms with Crippen molar-refractivity contribution in [3.05, 3.63) is 52.4 Å². The molecule has 0 aliphatic rings. The molecule has 1 aromatic carbocycles. The predicted octanol–water partition coefficient (Wildman–Crippen LogP) is 4.27. The van der Waals surface area contributed by atoms with E-state index in [2.05, 4.69) is 10.3 Å². The Morgan fingerprint density at radius 3 is 2.56 bits per heavy atom. The van der Waals surface area contributed by atoms with Crippen molar-refractivity contribution in [2.24, 2.45) is 0 Å². The maximum Gasteiger partial charge on any atom is 0.165 e. The highest BCUT2D eigenvalue weighted by Gasteiger charge is 2.06. The second kappa shape index (κ2) is 4.68. The van der Waals surface area contributed by atoms with Crippen molar-refractivity contribution in [1.29, 1.82) is 0 Å². The maximum atomic E-state index is 13.5. The number of halogens is 3. The molecule has 0 amide bonds. The molecule has 5 heteroatoms. The van der Waals surface area contributed by atoms with Crippen LogP contribution in [0.4, 0.5) is 15.9 Å². The lowest BCUT2D eigenvalue weighted by molar-refractivity contribution is 0.632. The van der Waals surface area contributed by atoms with Gasteiger partial charge in [0, 0.05) is 0 Å². The number of nitrogens with zero attached hydrogens (tertiary/aromatic N) is 1. The first-order valence-corrected chi connectivity index (χ1v) is 5.26. The van der Waals surface area contributed by atoms with E-state index < -0.39 is 5.82 Å². The lowest BCUT2D eigenvalue weighted by Crippen LogP contribution is -1.96. The Balaban J connectivity index is 2.31. The second-order valence-electron chi connectivity index (χ2n) is 3.07. The number of hydrogen-bond donors (Lipinski definition) is 1. The summed E-state index contributed by atoms with van der Waals surface area (Å²) in [5, 5.41) is 3.20. The third kappa shape index (κ3) is 2.43. The van der Waals surface area contributed by atoms with Gasteiger partial charge in [0.15, 0.2) is 5.82 Å². The molecule has 2 nitrogen and oxygen atoms in total. The number of rotatable bonds is 2. The van der Waals surface area contributed by atoms with Crippen LogP contribution in [0.1, 0.15) is 0 Å². The minimum Gasteiger partial charge on any atom is -0.338 e. The first-order chi connectivity index (χ1) is 7.66. The molecule has 16 heavy (non-hydrogen) atoms. The van der Waals surface area contributed by atoms with E-state index in [0.29, 0.717) is 11.0 Å². The van der Waals surface area contributed by atoms with Crippen molar-refractivity contribution < 1.29 is 4.39 Å². The molecule has 1 N–H and O–H groups in total. The molecule has 0 saturated carbocycles. The minimum atomic E-state index is -0.508. The van der Waals surface area contributed by atoms with Gasteiger partial charge in [-0.05, 0) is 24.3 Å². The van der Waals surface area contributed by atoms with Crippen LogP contribution in [0.2, 0.25) is 10.2 Å². The summed E-state index contributed by atoms with van der Waals surface area (Å²) in [5.41, 5.74) is 0.266. The van der Waals surface area contributed by atoms with Gasteiger partial charge in [0.2, 0.25) is 0 Å². The molecular formula is C11H7Cl2FN2. The molecule has 0 saturated heterocycles. The smallest absolute Gasteiger partial charge is 0.165 e. The van der Waals surface area contributed by atoms with E-state index in [4.69, 9.17) is 23.2 Å². The highest BCUT2D eigenvalue weighted by atomic mass is 35.5. The molecule has 2 rings (SSSR count). The fourth-order valence-corrected chi connectivity index (χ4v) is 1.55. The average Bonchev–Trinajstić information content (AvgIpc) is 2.25. The van der Waals surface area contributed by atoms with Gasteiger partial charge in [-0.3, -0.25) is 0 Å². The Hall–Kier alpha value is -1.32. The fourth-order valence-electron chi connectivity index (χ4n) is 1.22. The first-order valence-electron chi connectivity index (χ1n) is 4.50. The zero-order valence-corrected chi connectivity index (χ0v) is 9.56. The monoisotopic (exact) mass is 256 g/mol. The third-order valence-electron chi connectivity index (χ3n) is 1.93. The summed E-state index contributed by atoms with van der Waals surface area (Å²) in [5.74, 6) is -0.0420. The summed E-state index contributed by atoms with van der Waals surface area (Å²) in [4.78, 5) is 3.98. The molecule has 0 unspecified atom stereocenters. The number of aromatic nitrogens is 1. The van der Waals surface area contributed by atoms with Gasteiger partial charge >= 0.3 is 0 Å². The molecular weight excluding hydrogens is 250 g/mol. The van der Waals surface area contributed by atoms with Crippen molar-refractivity contribution in [1.82, 2.24) is 4.98 Å². The molecule has 0 aliphatic carbocycles. The highest BCUT2D eigenvalue weighted by molar-refractivity contribution is 6.31. The van der Waals surface area contributed by atoms with Crippen molar-refractivity contribution in [3.8, 4) is 0 Å². The molecule has 0 fully saturated rings. The number of pyridine rings is 1. The van der Waals surface area contributed by atoms with Crippen LogP contribution in [0.25, 0.3) is 0 Å². The normalized spacial score (nSPS) is 10.2. The Morgan fingerprint density at radius 1 is 1.06 bits per heavy atom. The van der Waals surface area contributed by atoms with Crippen LogP contribution in [-0.4, -0.2) is 4.98 Å². The zero-order chi connectivity index (χ0) is 11.5. The van der Waals surface area contributed by atoms with E-state index in [1.54, 1.807) is 30.3 Å². The SMILES string of the molecule is Fc1c(Cl)cccc1Nc1cccc(Cl)n1. The van der Waals surface area contributed by atoms with Gasteiger partial charge in [0.05, 0.1) is 10.7 Å². The molecule has 0 bridgehead atoms. The van der Waals surface area contributed by atoms with Crippen molar-refractivity contribution in [3.63, 3.8) is 0 Å². The molecule has 82 valence electrons. The fraction of sp³-hybridized carbons (Fsp3) is 0. The van der Waals surface area contributed by atoms with E-state index in [1.165, 1.54) is 6.07 Å². The van der Waals surface area contributed by atoms with Gasteiger partial charge in [-0.2, -0.15) is 0 Å². The molecule has 1 heterocycles. The quantitative estimate of drug-likeness (QED) is 0.812. The van der Waals surface area contributed by atoms with Gasteiger partial charge < -0.3 is 5.32 Å². The summed E-state index contributed by atoms with van der Waals surface area (Å²) in [7, 11) is 0. The number of benzene rings is 1. The molecule has 0 spiro atoms. The Labute approximate surface area is 102 Å². The van der Waals surface area contributed by atoms with Gasteiger partial charge in [0.1, 0.15) is 11.0 Å². The lowest BCUT2D eigenvalue weighted by atomic mass is 10.3. The summed E-state index contributed by atoms with van der Waals surface area (Å²) >= 11 is 11.4. The molecule has 0 aliphatic heterocycles. The van der Waals surface area contributed by atoms with Crippen LogP contribution in [0.3, 0.4) is 0 Å². The summed E-state index contributed by atoms with van der Waals surface area (Å²) in [6.07, 6.45) is 0. The second-order valence-corrected chi connectivity index (χ2v) is 3.87. The van der Waals surface area contributed by atoms with Gasteiger partial charge in [-0.1, -0.05) is 35.3 Å². The molecule has 2 aromatic rings. The van der Waals surface area contributed by atoms with Crippen LogP contribution in [0, 0.1) is 5.82 Å². The largest absolute Gasteiger partial charge is 0.338 e. The summed E-state index contributed by atoms with van der Waals surface area (Å²) in [6, 6.07) is 9.75. The lowest BCUT2D eigenvalue weighted by Gasteiger charge is -2.07. The van der Waals surface area contributed by atoms with Crippen LogP contribution < -0.4 is 5.32 Å². The average molecular weight is 257 g/mol. The molecule has 1 aromatic heterocycles. The van der Waals surface area contributed by atoms with Crippen LogP contribution in [-0.2, 0) is 0 Å². The number of nitrogens with one attached hydrogen (secondary N) is 1.